The predicted molar refractivity (Wildman–Crippen MR) is 106 cm³/mol. The summed E-state index contributed by atoms with van der Waals surface area (Å²) in [4.78, 5) is 19.3. The highest BCUT2D eigenvalue weighted by Gasteiger charge is 2.28. The lowest BCUT2D eigenvalue weighted by atomic mass is 10.1. The van der Waals surface area contributed by atoms with Gasteiger partial charge in [0, 0.05) is 12.2 Å². The number of amides is 1. The largest absolute Gasteiger partial charge is 0.376 e. The van der Waals surface area contributed by atoms with Gasteiger partial charge in [-0.2, -0.15) is 0 Å². The van der Waals surface area contributed by atoms with E-state index in [-0.39, 0.29) is 18.2 Å². The average molecular weight is 423 g/mol. The Morgan fingerprint density at radius 3 is 2.82 bits per heavy atom. The van der Waals surface area contributed by atoms with Gasteiger partial charge < -0.3 is 4.74 Å². The molecule has 2 heterocycles. The van der Waals surface area contributed by atoms with Gasteiger partial charge in [-0.15, -0.1) is 0 Å². The van der Waals surface area contributed by atoms with Gasteiger partial charge in [-0.1, -0.05) is 29.0 Å². The summed E-state index contributed by atoms with van der Waals surface area (Å²) >= 11 is 7.60. The molecule has 146 valence electrons. The van der Waals surface area contributed by atoms with Gasteiger partial charge in [0.1, 0.15) is 0 Å². The van der Waals surface area contributed by atoms with Crippen LogP contribution in [-0.2, 0) is 4.74 Å². The van der Waals surface area contributed by atoms with Crippen LogP contribution in [0.4, 0.5) is 13.9 Å². The molecular formula is C20H17ClF2N2O2S. The zero-order valence-electron chi connectivity index (χ0n) is 15.0. The molecule has 8 heteroatoms. The number of anilines is 1. The van der Waals surface area contributed by atoms with Crippen molar-refractivity contribution in [1.29, 1.82) is 0 Å². The summed E-state index contributed by atoms with van der Waals surface area (Å²) in [5.41, 5.74) is 1.72. The van der Waals surface area contributed by atoms with Crippen LogP contribution < -0.4 is 4.90 Å². The number of nitrogens with zero attached hydrogens (tertiary/aromatic N) is 2. The fourth-order valence-electron chi connectivity index (χ4n) is 3.23. The molecule has 4 nitrogen and oxygen atoms in total. The second-order valence-corrected chi connectivity index (χ2v) is 8.10. The van der Waals surface area contributed by atoms with Crippen molar-refractivity contribution in [2.45, 2.75) is 25.9 Å². The molecule has 0 radical (unpaired) electrons. The smallest absolute Gasteiger partial charge is 0.260 e. The molecule has 2 aromatic carbocycles. The summed E-state index contributed by atoms with van der Waals surface area (Å²) in [6.07, 6.45) is 1.62. The zero-order chi connectivity index (χ0) is 19.8. The van der Waals surface area contributed by atoms with E-state index in [2.05, 4.69) is 4.98 Å². The molecule has 0 saturated carbocycles. The molecule has 1 saturated heterocycles. The first-order valence-electron chi connectivity index (χ1n) is 8.88. The molecule has 0 bridgehead atoms. The van der Waals surface area contributed by atoms with Crippen molar-refractivity contribution >= 4 is 44.2 Å². The van der Waals surface area contributed by atoms with E-state index < -0.39 is 17.5 Å². The van der Waals surface area contributed by atoms with Crippen molar-refractivity contribution in [3.63, 3.8) is 0 Å². The first kappa shape index (κ1) is 19.2. The summed E-state index contributed by atoms with van der Waals surface area (Å²) in [6, 6.07) is 6.80. The molecule has 1 aromatic heterocycles. The maximum absolute atomic E-state index is 13.7. The number of rotatable bonds is 4. The molecule has 3 aromatic rings. The van der Waals surface area contributed by atoms with E-state index >= 15 is 0 Å². The molecule has 0 N–H and O–H groups in total. The van der Waals surface area contributed by atoms with Gasteiger partial charge in [0.15, 0.2) is 16.8 Å². The summed E-state index contributed by atoms with van der Waals surface area (Å²) < 4.78 is 33.4. The Kier molecular flexibility index (Phi) is 5.31. The second-order valence-electron chi connectivity index (χ2n) is 6.72. The number of carbonyl (C=O) groups excluding carboxylic acids is 1. The first-order chi connectivity index (χ1) is 13.4. The van der Waals surface area contributed by atoms with Crippen LogP contribution in [0.2, 0.25) is 5.02 Å². The van der Waals surface area contributed by atoms with Gasteiger partial charge in [0.2, 0.25) is 0 Å². The van der Waals surface area contributed by atoms with E-state index in [1.807, 2.05) is 13.0 Å². The molecule has 28 heavy (non-hydrogen) atoms. The Balaban J connectivity index is 1.76. The SMILES string of the molecule is Cc1ccc(Cl)c2sc(N(CC3CCCO3)C(=O)c3ccc(F)c(F)c3)nc12. The third kappa shape index (κ3) is 3.62. The van der Waals surface area contributed by atoms with E-state index in [4.69, 9.17) is 16.3 Å². The minimum Gasteiger partial charge on any atom is -0.376 e. The van der Waals surface area contributed by atoms with Crippen molar-refractivity contribution in [2.75, 3.05) is 18.1 Å². The van der Waals surface area contributed by atoms with Crippen molar-refractivity contribution < 1.29 is 18.3 Å². The minimum atomic E-state index is -1.06. The van der Waals surface area contributed by atoms with Gasteiger partial charge >= 0.3 is 0 Å². The van der Waals surface area contributed by atoms with Crippen LogP contribution in [0.3, 0.4) is 0 Å². The molecule has 4 rings (SSSR count). The van der Waals surface area contributed by atoms with Crippen LogP contribution in [0.5, 0.6) is 0 Å². The number of aryl methyl sites for hydroxylation is 1. The fraction of sp³-hybridized carbons (Fsp3) is 0.300. The standard InChI is InChI=1S/C20H17ClF2N2O2S/c1-11-4-6-14(21)18-17(11)24-20(28-18)25(10-13-3-2-8-27-13)19(26)12-5-7-15(22)16(23)9-12/h4-7,9,13H,2-3,8,10H2,1H3. The van der Waals surface area contributed by atoms with Gasteiger partial charge in [-0.05, 0) is 49.6 Å². The normalized spacial score (nSPS) is 16.6. The number of fused-ring (bicyclic) bond motifs is 1. The highest BCUT2D eigenvalue weighted by Crippen LogP contribution is 2.36. The predicted octanol–water partition coefficient (Wildman–Crippen LogP) is 5.36. The van der Waals surface area contributed by atoms with Crippen molar-refractivity contribution in [3.05, 3.63) is 58.1 Å². The van der Waals surface area contributed by atoms with E-state index in [9.17, 15) is 13.6 Å². The lowest BCUT2D eigenvalue weighted by molar-refractivity contribution is 0.0917. The maximum atomic E-state index is 13.7. The number of aromatic nitrogens is 1. The zero-order valence-corrected chi connectivity index (χ0v) is 16.6. The third-order valence-electron chi connectivity index (χ3n) is 4.74. The second kappa shape index (κ2) is 7.73. The molecule has 0 aliphatic carbocycles. The molecule has 1 amide bonds. The van der Waals surface area contributed by atoms with E-state index in [0.717, 1.165) is 40.8 Å². The van der Waals surface area contributed by atoms with Crippen LogP contribution in [0.15, 0.2) is 30.3 Å². The van der Waals surface area contributed by atoms with Gasteiger partial charge in [0.25, 0.3) is 5.91 Å². The average Bonchev–Trinajstić information content (AvgIpc) is 3.35. The number of thiazole rings is 1. The van der Waals surface area contributed by atoms with E-state index in [1.54, 1.807) is 6.07 Å². The molecule has 1 atom stereocenters. The van der Waals surface area contributed by atoms with E-state index in [0.29, 0.717) is 16.8 Å². The third-order valence-corrected chi connectivity index (χ3v) is 6.28. The summed E-state index contributed by atoms with van der Waals surface area (Å²) in [5, 5.41) is 1.01. The van der Waals surface area contributed by atoms with Crippen molar-refractivity contribution in [2.24, 2.45) is 0 Å². The number of carbonyl (C=O) groups is 1. The highest BCUT2D eigenvalue weighted by molar-refractivity contribution is 7.23. The van der Waals surface area contributed by atoms with Crippen LogP contribution in [0, 0.1) is 18.6 Å². The lowest BCUT2D eigenvalue weighted by Crippen LogP contribution is -2.37. The fourth-order valence-corrected chi connectivity index (χ4v) is 4.56. The first-order valence-corrected chi connectivity index (χ1v) is 10.1. The molecule has 1 fully saturated rings. The van der Waals surface area contributed by atoms with E-state index in [1.165, 1.54) is 22.3 Å². The van der Waals surface area contributed by atoms with Crippen LogP contribution >= 0.6 is 22.9 Å². The molecule has 1 aliphatic rings. The number of hydrogen-bond acceptors (Lipinski definition) is 4. The molecular weight excluding hydrogens is 406 g/mol. The molecule has 1 unspecified atom stereocenters. The number of benzene rings is 2. The quantitative estimate of drug-likeness (QED) is 0.568. The monoisotopic (exact) mass is 422 g/mol. The number of hydrogen-bond donors (Lipinski definition) is 0. The Hall–Kier alpha value is -2.09. The lowest BCUT2D eigenvalue weighted by Gasteiger charge is -2.23. The van der Waals surface area contributed by atoms with Gasteiger partial charge in [0.05, 0.1) is 27.9 Å². The van der Waals surface area contributed by atoms with Crippen LogP contribution in [-0.4, -0.2) is 30.1 Å². The summed E-state index contributed by atoms with van der Waals surface area (Å²) in [5.74, 6) is -2.52. The maximum Gasteiger partial charge on any atom is 0.260 e. The topological polar surface area (TPSA) is 42.4 Å². The highest BCUT2D eigenvalue weighted by atomic mass is 35.5. The van der Waals surface area contributed by atoms with Gasteiger partial charge in [-0.3, -0.25) is 9.69 Å². The summed E-state index contributed by atoms with van der Waals surface area (Å²) in [6.45, 7) is 2.85. The Bertz CT molecular complexity index is 1010. The molecule has 1 aliphatic heterocycles. The molecule has 0 spiro atoms. The van der Waals surface area contributed by atoms with Crippen molar-refractivity contribution in [1.82, 2.24) is 4.98 Å². The Morgan fingerprint density at radius 1 is 1.32 bits per heavy atom. The minimum absolute atomic E-state index is 0.0546. The van der Waals surface area contributed by atoms with Gasteiger partial charge in [-0.25, -0.2) is 13.8 Å². The van der Waals surface area contributed by atoms with Crippen LogP contribution in [0.1, 0.15) is 28.8 Å². The number of halogens is 3. The summed E-state index contributed by atoms with van der Waals surface area (Å²) in [7, 11) is 0. The number of ether oxygens (including phenoxy) is 1. The Labute approximate surface area is 169 Å². The van der Waals surface area contributed by atoms with Crippen molar-refractivity contribution in [3.8, 4) is 0 Å². The van der Waals surface area contributed by atoms with Crippen LogP contribution in [0.25, 0.3) is 10.2 Å². The Morgan fingerprint density at radius 2 is 2.14 bits per heavy atom.